The molecule has 0 bridgehead atoms. The predicted molar refractivity (Wildman–Crippen MR) is 127 cm³/mol. The fraction of sp³-hybridized carbons (Fsp3) is 0.192. The third-order valence-corrected chi connectivity index (χ3v) is 5.76. The Bertz CT molecular complexity index is 1300. The van der Waals surface area contributed by atoms with Crippen molar-refractivity contribution in [2.24, 2.45) is 0 Å². The first-order chi connectivity index (χ1) is 14.7. The van der Waals surface area contributed by atoms with Gasteiger partial charge in [0.05, 0.1) is 5.39 Å². The predicted octanol–water partition coefficient (Wildman–Crippen LogP) is 7.64. The molecule has 158 valence electrons. The van der Waals surface area contributed by atoms with Crippen molar-refractivity contribution in [3.63, 3.8) is 0 Å². The van der Waals surface area contributed by atoms with Crippen molar-refractivity contribution in [2.75, 3.05) is 0 Å². The highest BCUT2D eigenvalue weighted by atomic mass is 35.5. The zero-order valence-corrected chi connectivity index (χ0v) is 19.1. The Labute approximate surface area is 191 Å². The quantitative estimate of drug-likeness (QED) is 0.319. The Balaban J connectivity index is 1.84. The molecular formula is C26H22Cl2O3. The van der Waals surface area contributed by atoms with Crippen molar-refractivity contribution in [3.05, 3.63) is 98.1 Å². The molecule has 0 aliphatic carbocycles. The topological polar surface area (TPSA) is 39.4 Å². The largest absolute Gasteiger partial charge is 0.481 e. The van der Waals surface area contributed by atoms with E-state index in [0.29, 0.717) is 26.8 Å². The summed E-state index contributed by atoms with van der Waals surface area (Å²) < 4.78 is 12.1. The van der Waals surface area contributed by atoms with Gasteiger partial charge in [0.25, 0.3) is 0 Å². The van der Waals surface area contributed by atoms with Crippen LogP contribution in [0.3, 0.4) is 0 Å². The number of ether oxygens (including phenoxy) is 1. The van der Waals surface area contributed by atoms with E-state index < -0.39 is 0 Å². The lowest BCUT2D eigenvalue weighted by Gasteiger charge is -2.19. The first kappa shape index (κ1) is 21.5. The minimum Gasteiger partial charge on any atom is -0.481 e. The van der Waals surface area contributed by atoms with Gasteiger partial charge in [-0.15, -0.1) is 0 Å². The summed E-state index contributed by atoms with van der Waals surface area (Å²) in [6.07, 6.45) is 0. The second kappa shape index (κ2) is 8.41. The minimum atomic E-state index is -0.272. The summed E-state index contributed by atoms with van der Waals surface area (Å²) in [5.41, 5.74) is 2.92. The third kappa shape index (κ3) is 4.48. The fourth-order valence-electron chi connectivity index (χ4n) is 3.36. The van der Waals surface area contributed by atoms with Gasteiger partial charge in [-0.1, -0.05) is 86.4 Å². The van der Waals surface area contributed by atoms with Gasteiger partial charge in [0.15, 0.2) is 5.76 Å². The second-order valence-electron chi connectivity index (χ2n) is 8.44. The van der Waals surface area contributed by atoms with E-state index in [-0.39, 0.29) is 23.2 Å². The first-order valence-electron chi connectivity index (χ1n) is 9.97. The molecule has 0 spiro atoms. The van der Waals surface area contributed by atoms with Crippen molar-refractivity contribution in [3.8, 4) is 17.1 Å². The monoisotopic (exact) mass is 452 g/mol. The average Bonchev–Trinajstić information content (AvgIpc) is 2.74. The summed E-state index contributed by atoms with van der Waals surface area (Å²) in [6, 6.07) is 20.3. The summed E-state index contributed by atoms with van der Waals surface area (Å²) in [5.74, 6) is 0.519. The Morgan fingerprint density at radius 2 is 1.65 bits per heavy atom. The summed E-state index contributed by atoms with van der Waals surface area (Å²) >= 11 is 12.4. The van der Waals surface area contributed by atoms with Crippen LogP contribution in [0, 0.1) is 0 Å². The average molecular weight is 453 g/mol. The van der Waals surface area contributed by atoms with Crippen LogP contribution in [0.4, 0.5) is 0 Å². The zero-order valence-electron chi connectivity index (χ0n) is 17.5. The first-order valence-corrected chi connectivity index (χ1v) is 10.7. The lowest BCUT2D eigenvalue weighted by Crippen LogP contribution is -2.11. The third-order valence-electron chi connectivity index (χ3n) is 5.15. The van der Waals surface area contributed by atoms with E-state index in [1.807, 2.05) is 42.5 Å². The lowest BCUT2D eigenvalue weighted by molar-refractivity contribution is 0.298. The molecule has 4 rings (SSSR count). The Kier molecular flexibility index (Phi) is 5.83. The number of benzene rings is 3. The van der Waals surface area contributed by atoms with Gasteiger partial charge < -0.3 is 9.15 Å². The van der Waals surface area contributed by atoms with Gasteiger partial charge in [0.1, 0.15) is 12.2 Å². The maximum Gasteiger partial charge on any atom is 0.235 e. The van der Waals surface area contributed by atoms with E-state index in [2.05, 4.69) is 20.8 Å². The van der Waals surface area contributed by atoms with Gasteiger partial charge in [-0.3, -0.25) is 4.79 Å². The standard InChI is InChI=1S/C26H22Cl2O3/c1-26(2,3)18-10-8-16(9-11-18)24-25(30-15-17-6-4-5-7-21(17)28)23(29)20-14-19(27)12-13-22(20)31-24/h4-14H,15H2,1-3H3. The van der Waals surface area contributed by atoms with Crippen LogP contribution in [-0.2, 0) is 12.0 Å². The van der Waals surface area contributed by atoms with E-state index in [9.17, 15) is 4.79 Å². The molecule has 3 nitrogen and oxygen atoms in total. The molecule has 3 aromatic carbocycles. The molecular weight excluding hydrogens is 431 g/mol. The molecule has 5 heteroatoms. The molecule has 0 unspecified atom stereocenters. The van der Waals surface area contributed by atoms with Crippen LogP contribution >= 0.6 is 23.2 Å². The van der Waals surface area contributed by atoms with Gasteiger partial charge >= 0.3 is 0 Å². The van der Waals surface area contributed by atoms with Crippen molar-refractivity contribution >= 4 is 34.2 Å². The number of hydrogen-bond acceptors (Lipinski definition) is 3. The van der Waals surface area contributed by atoms with Crippen molar-refractivity contribution in [2.45, 2.75) is 32.8 Å². The Hall–Kier alpha value is -2.75. The molecule has 31 heavy (non-hydrogen) atoms. The Morgan fingerprint density at radius 1 is 0.935 bits per heavy atom. The van der Waals surface area contributed by atoms with E-state index in [1.54, 1.807) is 24.3 Å². The van der Waals surface area contributed by atoms with Crippen LogP contribution < -0.4 is 10.2 Å². The molecule has 0 amide bonds. The highest BCUT2D eigenvalue weighted by Gasteiger charge is 2.20. The maximum atomic E-state index is 13.3. The zero-order chi connectivity index (χ0) is 22.2. The minimum absolute atomic E-state index is 0.0168. The fourth-order valence-corrected chi connectivity index (χ4v) is 3.72. The number of hydrogen-bond donors (Lipinski definition) is 0. The van der Waals surface area contributed by atoms with Gasteiger partial charge in [0, 0.05) is 21.2 Å². The van der Waals surface area contributed by atoms with Crippen LogP contribution in [0.1, 0.15) is 31.9 Å². The van der Waals surface area contributed by atoms with E-state index in [1.165, 1.54) is 5.56 Å². The van der Waals surface area contributed by atoms with Crippen LogP contribution in [0.2, 0.25) is 10.0 Å². The second-order valence-corrected chi connectivity index (χ2v) is 9.28. The summed E-state index contributed by atoms with van der Waals surface area (Å²) in [6.45, 7) is 6.60. The number of fused-ring (bicyclic) bond motifs is 1. The summed E-state index contributed by atoms with van der Waals surface area (Å²) in [5, 5.41) is 1.41. The smallest absolute Gasteiger partial charge is 0.235 e. The van der Waals surface area contributed by atoms with Crippen molar-refractivity contribution < 1.29 is 9.15 Å². The Morgan fingerprint density at radius 3 is 2.32 bits per heavy atom. The highest BCUT2D eigenvalue weighted by molar-refractivity contribution is 6.31. The maximum absolute atomic E-state index is 13.3. The molecule has 1 aromatic heterocycles. The molecule has 0 atom stereocenters. The highest BCUT2D eigenvalue weighted by Crippen LogP contribution is 2.34. The van der Waals surface area contributed by atoms with Gasteiger partial charge in [-0.2, -0.15) is 0 Å². The molecule has 0 saturated carbocycles. The van der Waals surface area contributed by atoms with Gasteiger partial charge in [0.2, 0.25) is 11.2 Å². The van der Waals surface area contributed by atoms with E-state index in [0.717, 1.165) is 11.1 Å². The normalized spacial score (nSPS) is 11.6. The summed E-state index contributed by atoms with van der Waals surface area (Å²) in [4.78, 5) is 13.3. The van der Waals surface area contributed by atoms with Crippen LogP contribution in [0.25, 0.3) is 22.3 Å². The molecule has 0 saturated heterocycles. The molecule has 0 aliphatic rings. The molecule has 1 heterocycles. The molecule has 0 fully saturated rings. The van der Waals surface area contributed by atoms with Crippen LogP contribution in [-0.4, -0.2) is 0 Å². The molecule has 0 N–H and O–H groups in total. The molecule has 0 aliphatic heterocycles. The molecule has 0 radical (unpaired) electrons. The summed E-state index contributed by atoms with van der Waals surface area (Å²) in [7, 11) is 0. The van der Waals surface area contributed by atoms with Gasteiger partial charge in [-0.25, -0.2) is 0 Å². The number of rotatable bonds is 4. The van der Waals surface area contributed by atoms with Crippen molar-refractivity contribution in [1.82, 2.24) is 0 Å². The molecule has 4 aromatic rings. The number of halogens is 2. The van der Waals surface area contributed by atoms with E-state index >= 15 is 0 Å². The SMILES string of the molecule is CC(C)(C)c1ccc(-c2oc3ccc(Cl)cc3c(=O)c2OCc2ccccc2Cl)cc1. The van der Waals surface area contributed by atoms with E-state index in [4.69, 9.17) is 32.4 Å². The van der Waals surface area contributed by atoms with Crippen molar-refractivity contribution in [1.29, 1.82) is 0 Å². The van der Waals surface area contributed by atoms with Crippen LogP contribution in [0.15, 0.2) is 75.9 Å². The lowest BCUT2D eigenvalue weighted by atomic mass is 9.86. The van der Waals surface area contributed by atoms with Gasteiger partial charge in [-0.05, 0) is 35.2 Å². The van der Waals surface area contributed by atoms with Crippen LogP contribution in [0.5, 0.6) is 5.75 Å².